The fraction of sp³-hybridized carbons (Fsp3) is 0.250. The van der Waals surface area contributed by atoms with Crippen molar-refractivity contribution < 1.29 is 9.47 Å². The SMILES string of the molecule is COc1ccc(Br)c(COc2cc(N(C)C)ccc2N)c1. The van der Waals surface area contributed by atoms with E-state index in [1.807, 2.05) is 55.4 Å². The topological polar surface area (TPSA) is 47.7 Å². The molecule has 0 saturated heterocycles. The standard InChI is InChI=1S/C16H19BrN2O2/c1-19(2)12-4-7-15(18)16(9-12)21-10-11-8-13(20-3)5-6-14(11)17/h4-9H,10,18H2,1-3H3. The van der Waals surface area contributed by atoms with Crippen molar-refractivity contribution in [3.05, 3.63) is 46.4 Å². The Morgan fingerprint density at radius 1 is 1.14 bits per heavy atom. The van der Waals surface area contributed by atoms with E-state index in [-0.39, 0.29) is 0 Å². The maximum atomic E-state index is 5.97. The number of nitrogens with zero attached hydrogens (tertiary/aromatic N) is 1. The molecule has 0 aliphatic carbocycles. The van der Waals surface area contributed by atoms with Crippen LogP contribution in [0.5, 0.6) is 11.5 Å². The quantitative estimate of drug-likeness (QED) is 0.835. The summed E-state index contributed by atoms with van der Waals surface area (Å²) < 4.78 is 12.1. The molecule has 21 heavy (non-hydrogen) atoms. The van der Waals surface area contributed by atoms with Crippen LogP contribution in [-0.4, -0.2) is 21.2 Å². The Hall–Kier alpha value is -1.88. The third kappa shape index (κ3) is 3.82. The van der Waals surface area contributed by atoms with Gasteiger partial charge < -0.3 is 20.1 Å². The minimum absolute atomic E-state index is 0.416. The van der Waals surface area contributed by atoms with Gasteiger partial charge in [0.05, 0.1) is 12.8 Å². The van der Waals surface area contributed by atoms with Crippen molar-refractivity contribution in [3.8, 4) is 11.5 Å². The van der Waals surface area contributed by atoms with Gasteiger partial charge in [0, 0.05) is 35.9 Å². The van der Waals surface area contributed by atoms with Gasteiger partial charge in [0.15, 0.2) is 0 Å². The average Bonchev–Trinajstić information content (AvgIpc) is 2.47. The Bertz CT molecular complexity index is 630. The molecule has 112 valence electrons. The van der Waals surface area contributed by atoms with Gasteiger partial charge in [-0.25, -0.2) is 0 Å². The lowest BCUT2D eigenvalue weighted by Crippen LogP contribution is -2.09. The first-order valence-electron chi connectivity index (χ1n) is 6.53. The number of nitrogen functional groups attached to an aromatic ring is 1. The van der Waals surface area contributed by atoms with Crippen molar-refractivity contribution in [1.29, 1.82) is 0 Å². The van der Waals surface area contributed by atoms with Crippen LogP contribution in [0.25, 0.3) is 0 Å². The Morgan fingerprint density at radius 3 is 2.57 bits per heavy atom. The van der Waals surface area contributed by atoms with Gasteiger partial charge >= 0.3 is 0 Å². The predicted molar refractivity (Wildman–Crippen MR) is 90.2 cm³/mol. The van der Waals surface area contributed by atoms with E-state index in [1.54, 1.807) is 7.11 Å². The largest absolute Gasteiger partial charge is 0.497 e. The molecule has 2 rings (SSSR count). The summed E-state index contributed by atoms with van der Waals surface area (Å²) in [4.78, 5) is 2.01. The van der Waals surface area contributed by atoms with E-state index in [1.165, 1.54) is 0 Å². The van der Waals surface area contributed by atoms with Crippen LogP contribution >= 0.6 is 15.9 Å². The first kappa shape index (κ1) is 15.5. The minimum Gasteiger partial charge on any atom is -0.497 e. The molecule has 0 saturated carbocycles. The van der Waals surface area contributed by atoms with Gasteiger partial charge in [-0.1, -0.05) is 15.9 Å². The zero-order chi connectivity index (χ0) is 15.4. The molecule has 2 aromatic carbocycles. The monoisotopic (exact) mass is 350 g/mol. The molecule has 0 aromatic heterocycles. The lowest BCUT2D eigenvalue weighted by Gasteiger charge is -2.16. The first-order chi connectivity index (χ1) is 10.0. The summed E-state index contributed by atoms with van der Waals surface area (Å²) >= 11 is 3.51. The minimum atomic E-state index is 0.416. The smallest absolute Gasteiger partial charge is 0.144 e. The molecule has 0 amide bonds. The van der Waals surface area contributed by atoms with Crippen molar-refractivity contribution in [1.82, 2.24) is 0 Å². The molecule has 2 aromatic rings. The second-order valence-electron chi connectivity index (χ2n) is 4.86. The summed E-state index contributed by atoms with van der Waals surface area (Å²) in [5.41, 5.74) is 8.64. The predicted octanol–water partition coefficient (Wildman–Crippen LogP) is 3.68. The van der Waals surface area contributed by atoms with Gasteiger partial charge in [-0.15, -0.1) is 0 Å². The van der Waals surface area contributed by atoms with Crippen molar-refractivity contribution in [2.45, 2.75) is 6.61 Å². The van der Waals surface area contributed by atoms with Crippen LogP contribution < -0.4 is 20.1 Å². The van der Waals surface area contributed by atoms with E-state index in [9.17, 15) is 0 Å². The number of methoxy groups -OCH3 is 1. The number of rotatable bonds is 5. The Labute approximate surface area is 133 Å². The van der Waals surface area contributed by atoms with E-state index < -0.39 is 0 Å². The zero-order valence-corrected chi connectivity index (χ0v) is 14.0. The zero-order valence-electron chi connectivity index (χ0n) is 12.4. The number of benzene rings is 2. The van der Waals surface area contributed by atoms with Gasteiger partial charge in [-0.3, -0.25) is 0 Å². The fourth-order valence-corrected chi connectivity index (χ4v) is 2.23. The Morgan fingerprint density at radius 2 is 1.90 bits per heavy atom. The van der Waals surface area contributed by atoms with Crippen molar-refractivity contribution >= 4 is 27.3 Å². The second-order valence-corrected chi connectivity index (χ2v) is 5.72. The molecule has 0 aliphatic heterocycles. The Balaban J connectivity index is 2.18. The fourth-order valence-electron chi connectivity index (χ4n) is 1.87. The third-order valence-corrected chi connectivity index (χ3v) is 3.92. The second kappa shape index (κ2) is 6.72. The summed E-state index contributed by atoms with van der Waals surface area (Å²) in [5.74, 6) is 1.47. The van der Waals surface area contributed by atoms with Crippen LogP contribution in [0.4, 0.5) is 11.4 Å². The summed E-state index contributed by atoms with van der Waals surface area (Å²) in [7, 11) is 5.61. The van der Waals surface area contributed by atoms with Gasteiger partial charge in [-0.05, 0) is 30.3 Å². The molecule has 2 N–H and O–H groups in total. The highest BCUT2D eigenvalue weighted by Gasteiger charge is 2.07. The van der Waals surface area contributed by atoms with E-state index >= 15 is 0 Å². The highest BCUT2D eigenvalue weighted by molar-refractivity contribution is 9.10. The molecule has 0 bridgehead atoms. The van der Waals surface area contributed by atoms with Gasteiger partial charge in [0.25, 0.3) is 0 Å². The van der Waals surface area contributed by atoms with Crippen LogP contribution in [0.2, 0.25) is 0 Å². The third-order valence-electron chi connectivity index (χ3n) is 3.15. The molecular formula is C16H19BrN2O2. The number of hydrogen-bond acceptors (Lipinski definition) is 4. The number of nitrogens with two attached hydrogens (primary N) is 1. The van der Waals surface area contributed by atoms with Gasteiger partial charge in [0.2, 0.25) is 0 Å². The van der Waals surface area contributed by atoms with Crippen molar-refractivity contribution in [2.75, 3.05) is 31.8 Å². The molecule has 0 unspecified atom stereocenters. The van der Waals surface area contributed by atoms with Crippen LogP contribution in [0.1, 0.15) is 5.56 Å². The maximum Gasteiger partial charge on any atom is 0.144 e. The van der Waals surface area contributed by atoms with Crippen LogP contribution in [0, 0.1) is 0 Å². The average molecular weight is 351 g/mol. The van der Waals surface area contributed by atoms with E-state index in [2.05, 4.69) is 15.9 Å². The highest BCUT2D eigenvalue weighted by atomic mass is 79.9. The number of anilines is 2. The van der Waals surface area contributed by atoms with Crippen LogP contribution in [0.15, 0.2) is 40.9 Å². The summed E-state index contributed by atoms with van der Waals surface area (Å²) in [6, 6.07) is 11.5. The molecule has 0 fully saturated rings. The van der Waals surface area contributed by atoms with Gasteiger partial charge in [-0.2, -0.15) is 0 Å². The van der Waals surface area contributed by atoms with Crippen molar-refractivity contribution in [2.24, 2.45) is 0 Å². The lowest BCUT2D eigenvalue weighted by atomic mass is 10.2. The molecule has 0 spiro atoms. The van der Waals surface area contributed by atoms with Crippen LogP contribution in [0.3, 0.4) is 0 Å². The summed E-state index contributed by atoms with van der Waals surface area (Å²) in [6.07, 6.45) is 0. The first-order valence-corrected chi connectivity index (χ1v) is 7.32. The molecule has 0 heterocycles. The van der Waals surface area contributed by atoms with Crippen molar-refractivity contribution in [3.63, 3.8) is 0 Å². The van der Waals surface area contributed by atoms with Crippen LogP contribution in [-0.2, 0) is 6.61 Å². The Kier molecular flexibility index (Phi) is 4.96. The van der Waals surface area contributed by atoms with E-state index in [0.29, 0.717) is 18.0 Å². The highest BCUT2D eigenvalue weighted by Crippen LogP contribution is 2.29. The molecule has 0 aliphatic rings. The molecule has 0 atom stereocenters. The van der Waals surface area contributed by atoms with E-state index in [0.717, 1.165) is 21.5 Å². The molecule has 5 heteroatoms. The number of halogens is 1. The number of hydrogen-bond donors (Lipinski definition) is 1. The summed E-state index contributed by atoms with van der Waals surface area (Å²) in [5, 5.41) is 0. The summed E-state index contributed by atoms with van der Waals surface area (Å²) in [6.45, 7) is 0.416. The van der Waals surface area contributed by atoms with Gasteiger partial charge in [0.1, 0.15) is 18.1 Å². The number of ether oxygens (including phenoxy) is 2. The maximum absolute atomic E-state index is 5.97. The molecule has 4 nitrogen and oxygen atoms in total. The molecular weight excluding hydrogens is 332 g/mol. The molecule has 0 radical (unpaired) electrons. The normalized spacial score (nSPS) is 10.3. The lowest BCUT2D eigenvalue weighted by molar-refractivity contribution is 0.306. The van der Waals surface area contributed by atoms with E-state index in [4.69, 9.17) is 15.2 Å².